The first-order valence-electron chi connectivity index (χ1n) is 12.7. The second kappa shape index (κ2) is 13.0. The summed E-state index contributed by atoms with van der Waals surface area (Å²) in [5, 5.41) is 8.07. The number of aromatic nitrogens is 1. The summed E-state index contributed by atoms with van der Waals surface area (Å²) < 4.78 is 5.27. The second-order valence-corrected chi connectivity index (χ2v) is 10.1. The largest absolute Gasteiger partial charge is 0.444 e. The molecule has 10 heteroatoms. The number of pyridine rings is 1. The van der Waals surface area contributed by atoms with Gasteiger partial charge in [0.15, 0.2) is 0 Å². The fourth-order valence-electron chi connectivity index (χ4n) is 3.98. The zero-order valence-corrected chi connectivity index (χ0v) is 22.1. The Balaban J connectivity index is 1.33. The topological polar surface area (TPSA) is 116 Å². The van der Waals surface area contributed by atoms with Crippen LogP contribution in [0, 0.1) is 0 Å². The summed E-state index contributed by atoms with van der Waals surface area (Å²) in [7, 11) is 0. The van der Waals surface area contributed by atoms with Gasteiger partial charge in [-0.3, -0.25) is 19.5 Å². The molecule has 1 aliphatic rings. The zero-order valence-electron chi connectivity index (χ0n) is 22.1. The molecule has 2 aromatic rings. The summed E-state index contributed by atoms with van der Waals surface area (Å²) in [6.07, 6.45) is 3.89. The van der Waals surface area contributed by atoms with Crippen LogP contribution in [0.15, 0.2) is 48.8 Å². The number of hydrogen-bond donors (Lipinski definition) is 3. The van der Waals surface area contributed by atoms with E-state index in [0.717, 1.165) is 44.7 Å². The first-order chi connectivity index (χ1) is 17.6. The van der Waals surface area contributed by atoms with Gasteiger partial charge in [0.2, 0.25) is 0 Å². The van der Waals surface area contributed by atoms with Gasteiger partial charge in [-0.1, -0.05) is 12.1 Å². The Morgan fingerprint density at radius 1 is 0.973 bits per heavy atom. The number of alkyl carbamates (subject to hydrolysis) is 1. The van der Waals surface area contributed by atoms with Crippen LogP contribution in [-0.2, 0) is 14.3 Å². The lowest BCUT2D eigenvalue weighted by atomic mass is 10.1. The van der Waals surface area contributed by atoms with E-state index in [-0.39, 0.29) is 6.04 Å². The molecular weight excluding hydrogens is 472 g/mol. The van der Waals surface area contributed by atoms with E-state index in [1.54, 1.807) is 45.0 Å². The molecule has 200 valence electrons. The van der Waals surface area contributed by atoms with Gasteiger partial charge >= 0.3 is 17.9 Å². The number of ether oxygens (including phenoxy) is 1. The molecule has 1 unspecified atom stereocenters. The van der Waals surface area contributed by atoms with Crippen LogP contribution in [-0.4, -0.2) is 72.7 Å². The Morgan fingerprint density at radius 2 is 1.62 bits per heavy atom. The van der Waals surface area contributed by atoms with E-state index in [1.165, 1.54) is 5.69 Å². The molecule has 1 atom stereocenters. The molecule has 3 amide bonds. The van der Waals surface area contributed by atoms with E-state index in [1.807, 2.05) is 31.5 Å². The number of rotatable bonds is 8. The Labute approximate surface area is 218 Å². The Bertz CT molecular complexity index is 1030. The molecule has 3 rings (SSSR count). The Morgan fingerprint density at radius 3 is 2.24 bits per heavy atom. The molecule has 1 fully saturated rings. The first kappa shape index (κ1) is 27.9. The highest BCUT2D eigenvalue weighted by Gasteiger charge is 2.19. The lowest BCUT2D eigenvalue weighted by Gasteiger charge is -2.36. The van der Waals surface area contributed by atoms with Gasteiger partial charge in [-0.25, -0.2) is 4.79 Å². The van der Waals surface area contributed by atoms with Crippen LogP contribution in [0.2, 0.25) is 0 Å². The molecule has 2 heterocycles. The van der Waals surface area contributed by atoms with Gasteiger partial charge in [0.1, 0.15) is 5.60 Å². The molecule has 0 spiro atoms. The number of carbonyl (C=O) groups is 3. The molecule has 1 aromatic carbocycles. The van der Waals surface area contributed by atoms with Gasteiger partial charge in [0, 0.05) is 56.5 Å². The van der Waals surface area contributed by atoms with Crippen molar-refractivity contribution in [2.24, 2.45) is 0 Å². The van der Waals surface area contributed by atoms with Crippen molar-refractivity contribution in [3.05, 3.63) is 54.4 Å². The molecular formula is C27H38N6O4. The van der Waals surface area contributed by atoms with Crippen molar-refractivity contribution in [3.63, 3.8) is 0 Å². The van der Waals surface area contributed by atoms with Crippen molar-refractivity contribution in [1.82, 2.24) is 20.5 Å². The number of hydrogen-bond acceptors (Lipinski definition) is 7. The predicted molar refractivity (Wildman–Crippen MR) is 143 cm³/mol. The Kier molecular flexibility index (Phi) is 9.85. The van der Waals surface area contributed by atoms with Crippen molar-refractivity contribution in [2.75, 3.05) is 49.5 Å². The van der Waals surface area contributed by atoms with Crippen molar-refractivity contribution in [1.29, 1.82) is 0 Å². The number of piperazine rings is 1. The number of nitrogens with zero attached hydrogens (tertiary/aromatic N) is 3. The van der Waals surface area contributed by atoms with Gasteiger partial charge in [0.05, 0.1) is 6.04 Å². The fraction of sp³-hybridized carbons (Fsp3) is 0.481. The van der Waals surface area contributed by atoms with E-state index in [2.05, 4.69) is 30.7 Å². The molecule has 0 radical (unpaired) electrons. The minimum atomic E-state index is -0.710. The van der Waals surface area contributed by atoms with E-state index < -0.39 is 23.5 Å². The van der Waals surface area contributed by atoms with Gasteiger partial charge in [0.25, 0.3) is 0 Å². The van der Waals surface area contributed by atoms with Crippen LogP contribution in [0.25, 0.3) is 0 Å². The SMILES string of the molecule is CC(NC(=O)OC(C)(C)C)c1ccc(NC(=O)C(=O)NCCCN2CCN(c3ccncc3)CC2)cc1. The van der Waals surface area contributed by atoms with Crippen molar-refractivity contribution in [3.8, 4) is 0 Å². The highest BCUT2D eigenvalue weighted by molar-refractivity contribution is 6.39. The molecule has 1 aliphatic heterocycles. The van der Waals surface area contributed by atoms with Gasteiger partial charge in [-0.15, -0.1) is 0 Å². The summed E-state index contributed by atoms with van der Waals surface area (Å²) in [5.41, 5.74) is 1.96. The molecule has 3 N–H and O–H groups in total. The van der Waals surface area contributed by atoms with Crippen LogP contribution >= 0.6 is 0 Å². The van der Waals surface area contributed by atoms with E-state index in [9.17, 15) is 14.4 Å². The van der Waals surface area contributed by atoms with Crippen LogP contribution in [0.5, 0.6) is 0 Å². The monoisotopic (exact) mass is 510 g/mol. The third-order valence-electron chi connectivity index (χ3n) is 5.94. The lowest BCUT2D eigenvalue weighted by molar-refractivity contribution is -0.136. The van der Waals surface area contributed by atoms with Crippen LogP contribution < -0.4 is 20.9 Å². The average molecular weight is 511 g/mol. The lowest BCUT2D eigenvalue weighted by Crippen LogP contribution is -2.47. The second-order valence-electron chi connectivity index (χ2n) is 10.1. The standard InChI is InChI=1S/C27H38N6O4/c1-20(30-26(36)37-27(2,3)4)21-6-8-22(9-7-21)31-25(35)24(34)29-12-5-15-32-16-18-33(19-17-32)23-10-13-28-14-11-23/h6-11,13-14,20H,5,12,15-19H2,1-4H3,(H,29,34)(H,30,36)(H,31,35). The normalized spacial score (nSPS) is 15.0. The van der Waals surface area contributed by atoms with Crippen molar-refractivity contribution in [2.45, 2.75) is 45.8 Å². The highest BCUT2D eigenvalue weighted by atomic mass is 16.6. The molecule has 0 saturated carbocycles. The number of nitrogens with one attached hydrogen (secondary N) is 3. The fourth-order valence-corrected chi connectivity index (χ4v) is 3.98. The van der Waals surface area contributed by atoms with E-state index in [4.69, 9.17) is 4.74 Å². The minimum Gasteiger partial charge on any atom is -0.444 e. The summed E-state index contributed by atoms with van der Waals surface area (Å²) in [5.74, 6) is -1.37. The summed E-state index contributed by atoms with van der Waals surface area (Å²) >= 11 is 0. The quantitative estimate of drug-likeness (QED) is 0.369. The number of carbonyl (C=O) groups excluding carboxylic acids is 3. The van der Waals surface area contributed by atoms with Gasteiger partial charge in [-0.05, 0) is 70.5 Å². The maximum Gasteiger partial charge on any atom is 0.408 e. The minimum absolute atomic E-state index is 0.276. The molecule has 1 aromatic heterocycles. The Hall–Kier alpha value is -3.66. The van der Waals surface area contributed by atoms with Gasteiger partial charge < -0.3 is 25.6 Å². The summed E-state index contributed by atoms with van der Waals surface area (Å²) in [6.45, 7) is 12.4. The zero-order chi connectivity index (χ0) is 26.8. The van der Waals surface area contributed by atoms with Crippen LogP contribution in [0.1, 0.15) is 45.7 Å². The van der Waals surface area contributed by atoms with E-state index in [0.29, 0.717) is 12.2 Å². The number of anilines is 2. The molecule has 0 aliphatic carbocycles. The van der Waals surface area contributed by atoms with Crippen molar-refractivity contribution < 1.29 is 19.1 Å². The smallest absolute Gasteiger partial charge is 0.408 e. The molecule has 37 heavy (non-hydrogen) atoms. The first-order valence-corrected chi connectivity index (χ1v) is 12.7. The summed E-state index contributed by atoms with van der Waals surface area (Å²) in [6, 6.07) is 10.7. The number of benzene rings is 1. The predicted octanol–water partition coefficient (Wildman–Crippen LogP) is 2.93. The maximum absolute atomic E-state index is 12.3. The highest BCUT2D eigenvalue weighted by Crippen LogP contribution is 2.17. The molecule has 1 saturated heterocycles. The maximum atomic E-state index is 12.3. The molecule has 10 nitrogen and oxygen atoms in total. The third-order valence-corrected chi connectivity index (χ3v) is 5.94. The van der Waals surface area contributed by atoms with E-state index >= 15 is 0 Å². The van der Waals surface area contributed by atoms with Crippen molar-refractivity contribution >= 4 is 29.3 Å². The van der Waals surface area contributed by atoms with Crippen LogP contribution in [0.4, 0.5) is 16.2 Å². The third kappa shape index (κ3) is 9.38. The van der Waals surface area contributed by atoms with Crippen LogP contribution in [0.3, 0.4) is 0 Å². The number of amides is 3. The molecule has 0 bridgehead atoms. The average Bonchev–Trinajstić information content (AvgIpc) is 2.86. The summed E-state index contributed by atoms with van der Waals surface area (Å²) in [4.78, 5) is 45.2. The van der Waals surface area contributed by atoms with Gasteiger partial charge in [-0.2, -0.15) is 0 Å².